The molecule has 2 unspecified atom stereocenters. The largest absolute Gasteiger partial charge is 0.481 e. The summed E-state index contributed by atoms with van der Waals surface area (Å²) in [7, 11) is 2.18. The molecule has 1 saturated heterocycles. The fourth-order valence-corrected chi connectivity index (χ4v) is 4.54. The van der Waals surface area contributed by atoms with E-state index in [2.05, 4.69) is 23.8 Å². The van der Waals surface area contributed by atoms with Crippen LogP contribution in [0.5, 0.6) is 0 Å². The van der Waals surface area contributed by atoms with Crippen LogP contribution in [0.3, 0.4) is 0 Å². The van der Waals surface area contributed by atoms with Gasteiger partial charge in [-0.2, -0.15) is 0 Å². The Morgan fingerprint density at radius 1 is 1.48 bits per heavy atom. The standard InChI is InChI=1S/C15H23N3O2S/c1-3-10-9-18(8-7-17(10)2)15-16-13-11(14(19)20)5-4-6-12(13)21-15/h10-11H,3-9H2,1-2H3,(H,19,20). The molecule has 1 aromatic rings. The van der Waals surface area contributed by atoms with Gasteiger partial charge in [0.1, 0.15) is 5.92 Å². The minimum absolute atomic E-state index is 0.395. The molecule has 0 amide bonds. The van der Waals surface area contributed by atoms with E-state index in [1.54, 1.807) is 11.3 Å². The average Bonchev–Trinajstić information content (AvgIpc) is 2.91. The van der Waals surface area contributed by atoms with Gasteiger partial charge in [-0.25, -0.2) is 4.98 Å². The van der Waals surface area contributed by atoms with E-state index in [9.17, 15) is 9.90 Å². The summed E-state index contributed by atoms with van der Waals surface area (Å²) >= 11 is 1.71. The third-order valence-electron chi connectivity index (χ3n) is 4.76. The van der Waals surface area contributed by atoms with Crippen molar-refractivity contribution in [2.45, 2.75) is 44.6 Å². The fraction of sp³-hybridized carbons (Fsp3) is 0.733. The number of aliphatic carboxylic acids is 1. The van der Waals surface area contributed by atoms with E-state index in [4.69, 9.17) is 4.98 Å². The summed E-state index contributed by atoms with van der Waals surface area (Å²) in [6.07, 6.45) is 3.81. The van der Waals surface area contributed by atoms with Crippen LogP contribution in [-0.4, -0.2) is 53.7 Å². The molecule has 0 spiro atoms. The first-order valence-electron chi connectivity index (χ1n) is 7.77. The van der Waals surface area contributed by atoms with Crippen LogP contribution >= 0.6 is 11.3 Å². The molecule has 1 aliphatic heterocycles. The van der Waals surface area contributed by atoms with E-state index < -0.39 is 11.9 Å². The molecule has 116 valence electrons. The Balaban J connectivity index is 1.83. The molecule has 1 aromatic heterocycles. The molecule has 2 atom stereocenters. The first-order chi connectivity index (χ1) is 10.1. The molecule has 1 aliphatic carbocycles. The molecule has 3 rings (SSSR count). The highest BCUT2D eigenvalue weighted by Crippen LogP contribution is 2.38. The maximum atomic E-state index is 11.4. The smallest absolute Gasteiger partial charge is 0.312 e. The average molecular weight is 309 g/mol. The third kappa shape index (κ3) is 2.79. The summed E-state index contributed by atoms with van der Waals surface area (Å²) in [4.78, 5) is 22.0. The maximum Gasteiger partial charge on any atom is 0.312 e. The number of hydrogen-bond donors (Lipinski definition) is 1. The second-order valence-corrected chi connectivity index (χ2v) is 7.14. The Labute approximate surface area is 129 Å². The van der Waals surface area contributed by atoms with Crippen molar-refractivity contribution in [2.75, 3.05) is 31.6 Å². The van der Waals surface area contributed by atoms with Crippen molar-refractivity contribution in [1.29, 1.82) is 0 Å². The molecule has 0 saturated carbocycles. The summed E-state index contributed by atoms with van der Waals surface area (Å²) in [5, 5.41) is 10.4. The molecule has 1 N–H and O–H groups in total. The van der Waals surface area contributed by atoms with Crippen LogP contribution < -0.4 is 4.90 Å². The van der Waals surface area contributed by atoms with Gasteiger partial charge in [-0.1, -0.05) is 6.92 Å². The highest BCUT2D eigenvalue weighted by atomic mass is 32.1. The number of aromatic nitrogens is 1. The second kappa shape index (κ2) is 5.93. The van der Waals surface area contributed by atoms with Crippen molar-refractivity contribution in [3.8, 4) is 0 Å². The zero-order valence-corrected chi connectivity index (χ0v) is 13.5. The number of nitrogens with zero attached hydrogens (tertiary/aromatic N) is 3. The number of carboxylic acid groups (broad SMARTS) is 1. The molecule has 1 fully saturated rings. The Bertz CT molecular complexity index is 531. The van der Waals surface area contributed by atoms with Gasteiger partial charge in [0, 0.05) is 30.6 Å². The van der Waals surface area contributed by atoms with Gasteiger partial charge in [-0.3, -0.25) is 9.69 Å². The lowest BCUT2D eigenvalue weighted by atomic mass is 9.91. The van der Waals surface area contributed by atoms with Gasteiger partial charge in [-0.05, 0) is 32.7 Å². The summed E-state index contributed by atoms with van der Waals surface area (Å²) in [5.41, 5.74) is 0.834. The number of carboxylic acids is 1. The maximum absolute atomic E-state index is 11.4. The third-order valence-corrected chi connectivity index (χ3v) is 5.95. The molecule has 5 nitrogen and oxygen atoms in total. The second-order valence-electron chi connectivity index (χ2n) is 6.08. The van der Waals surface area contributed by atoms with Crippen molar-refractivity contribution in [3.63, 3.8) is 0 Å². The normalized spacial score (nSPS) is 26.7. The van der Waals surface area contributed by atoms with Crippen molar-refractivity contribution >= 4 is 22.4 Å². The molecule has 21 heavy (non-hydrogen) atoms. The Kier molecular flexibility index (Phi) is 4.17. The van der Waals surface area contributed by atoms with Crippen LogP contribution in [0.25, 0.3) is 0 Å². The van der Waals surface area contributed by atoms with Crippen LogP contribution in [0.4, 0.5) is 5.13 Å². The lowest BCUT2D eigenvalue weighted by Crippen LogP contribution is -2.51. The monoisotopic (exact) mass is 309 g/mol. The number of thiazole rings is 1. The topological polar surface area (TPSA) is 56.7 Å². The van der Waals surface area contributed by atoms with E-state index in [0.29, 0.717) is 6.04 Å². The van der Waals surface area contributed by atoms with Crippen LogP contribution in [-0.2, 0) is 11.2 Å². The summed E-state index contributed by atoms with van der Waals surface area (Å²) in [6, 6.07) is 0.565. The number of rotatable bonds is 3. The number of fused-ring (bicyclic) bond motifs is 1. The van der Waals surface area contributed by atoms with Crippen LogP contribution in [0.2, 0.25) is 0 Å². The van der Waals surface area contributed by atoms with Crippen LogP contribution in [0.15, 0.2) is 0 Å². The zero-order chi connectivity index (χ0) is 15.0. The Morgan fingerprint density at radius 2 is 2.29 bits per heavy atom. The summed E-state index contributed by atoms with van der Waals surface area (Å²) < 4.78 is 0. The van der Waals surface area contributed by atoms with Crippen LogP contribution in [0, 0.1) is 0 Å². The van der Waals surface area contributed by atoms with Gasteiger partial charge in [0.15, 0.2) is 5.13 Å². The quantitative estimate of drug-likeness (QED) is 0.927. The van der Waals surface area contributed by atoms with E-state index >= 15 is 0 Å². The van der Waals surface area contributed by atoms with E-state index in [-0.39, 0.29) is 0 Å². The van der Waals surface area contributed by atoms with Gasteiger partial charge in [0.2, 0.25) is 0 Å². The van der Waals surface area contributed by atoms with Crippen molar-refractivity contribution in [3.05, 3.63) is 10.6 Å². The number of aryl methyl sites for hydroxylation is 1. The SMILES string of the molecule is CCC1CN(c2nc3c(s2)CCCC3C(=O)O)CCN1C. The number of anilines is 1. The minimum atomic E-state index is -0.724. The molecular formula is C15H23N3O2S. The summed E-state index contributed by atoms with van der Waals surface area (Å²) in [6.45, 7) is 5.25. The number of likely N-dealkylation sites (N-methyl/N-ethyl adjacent to an activating group) is 1. The number of carbonyl (C=O) groups is 1. The first kappa shape index (κ1) is 14.8. The zero-order valence-electron chi connectivity index (χ0n) is 12.7. The lowest BCUT2D eigenvalue weighted by molar-refractivity contribution is -0.139. The van der Waals surface area contributed by atoms with E-state index in [1.807, 2.05) is 0 Å². The van der Waals surface area contributed by atoms with Crippen molar-refractivity contribution < 1.29 is 9.90 Å². The molecular weight excluding hydrogens is 286 g/mol. The van der Waals surface area contributed by atoms with Gasteiger partial charge in [-0.15, -0.1) is 11.3 Å². The van der Waals surface area contributed by atoms with Gasteiger partial charge in [0.25, 0.3) is 0 Å². The number of hydrogen-bond acceptors (Lipinski definition) is 5. The minimum Gasteiger partial charge on any atom is -0.481 e. The highest BCUT2D eigenvalue weighted by molar-refractivity contribution is 7.15. The van der Waals surface area contributed by atoms with Gasteiger partial charge in [0.05, 0.1) is 5.69 Å². The molecule has 2 aliphatic rings. The number of piperazine rings is 1. The summed E-state index contributed by atoms with van der Waals surface area (Å²) in [5.74, 6) is -1.12. The predicted molar refractivity (Wildman–Crippen MR) is 84.4 cm³/mol. The van der Waals surface area contributed by atoms with Crippen LogP contribution in [0.1, 0.15) is 42.7 Å². The molecule has 0 bridgehead atoms. The first-order valence-corrected chi connectivity index (χ1v) is 8.59. The molecule has 6 heteroatoms. The van der Waals surface area contributed by atoms with Gasteiger partial charge < -0.3 is 10.0 Å². The predicted octanol–water partition coefficient (Wildman–Crippen LogP) is 2.18. The van der Waals surface area contributed by atoms with Crippen molar-refractivity contribution in [1.82, 2.24) is 9.88 Å². The fourth-order valence-electron chi connectivity index (χ4n) is 3.34. The Hall–Kier alpha value is -1.14. The molecule has 0 aromatic carbocycles. The highest BCUT2D eigenvalue weighted by Gasteiger charge is 2.32. The van der Waals surface area contributed by atoms with Crippen molar-refractivity contribution in [2.24, 2.45) is 0 Å². The van der Waals surface area contributed by atoms with E-state index in [0.717, 1.165) is 56.1 Å². The molecule has 2 heterocycles. The van der Waals surface area contributed by atoms with Gasteiger partial charge >= 0.3 is 5.97 Å². The Morgan fingerprint density at radius 3 is 3.00 bits per heavy atom. The lowest BCUT2D eigenvalue weighted by Gasteiger charge is -2.39. The molecule has 0 radical (unpaired) electrons. The van der Waals surface area contributed by atoms with E-state index in [1.165, 1.54) is 4.88 Å².